The average molecular weight is 416 g/mol. The molecule has 0 amide bonds. The van der Waals surface area contributed by atoms with Crippen molar-refractivity contribution in [2.24, 2.45) is 0 Å². The summed E-state index contributed by atoms with van der Waals surface area (Å²) < 4.78 is 76.5. The molecule has 1 fully saturated rings. The summed E-state index contributed by atoms with van der Waals surface area (Å²) in [7, 11) is -5.29. The smallest absolute Gasteiger partial charge is 0.360 e. The second kappa shape index (κ2) is 6.59. The average Bonchev–Trinajstić information content (AvgIpc) is 3.27. The van der Waals surface area contributed by atoms with Gasteiger partial charge in [-0.3, -0.25) is 4.68 Å². The number of halogens is 4. The van der Waals surface area contributed by atoms with E-state index in [9.17, 15) is 26.0 Å². The fraction of sp³-hybridized carbons (Fsp3) is 0.353. The first kappa shape index (κ1) is 18.9. The molecule has 0 unspecified atom stereocenters. The number of hydrogen-bond donors (Lipinski definition) is 1. The lowest BCUT2D eigenvalue weighted by molar-refractivity contribution is -0.0496. The molecule has 1 aliphatic rings. The molecular formula is C17H16F4N4O2S. The molecule has 150 valence electrons. The third kappa shape index (κ3) is 3.18. The molecule has 6 nitrogen and oxygen atoms in total. The number of fused-ring (bicyclic) bond motifs is 1. The van der Waals surface area contributed by atoms with Crippen molar-refractivity contribution in [1.82, 2.24) is 19.1 Å². The van der Waals surface area contributed by atoms with Crippen LogP contribution in [0.1, 0.15) is 18.9 Å². The molecule has 28 heavy (non-hydrogen) atoms. The van der Waals surface area contributed by atoms with Gasteiger partial charge in [-0.15, -0.1) is 0 Å². The van der Waals surface area contributed by atoms with Gasteiger partial charge in [-0.25, -0.2) is 12.8 Å². The number of aromatic amines is 1. The maximum atomic E-state index is 13.3. The van der Waals surface area contributed by atoms with Crippen LogP contribution in [-0.4, -0.2) is 46.1 Å². The van der Waals surface area contributed by atoms with Crippen LogP contribution in [0.25, 0.3) is 22.0 Å². The van der Waals surface area contributed by atoms with E-state index in [-0.39, 0.29) is 37.8 Å². The molecule has 1 N–H and O–H groups in total. The number of sulfonamides is 1. The van der Waals surface area contributed by atoms with Gasteiger partial charge in [-0.2, -0.15) is 22.6 Å². The minimum atomic E-state index is -5.29. The molecule has 2 aromatic heterocycles. The number of nitrogens with one attached hydrogen (secondary N) is 1. The molecule has 4 rings (SSSR count). The van der Waals surface area contributed by atoms with Gasteiger partial charge in [-0.05, 0) is 31.0 Å². The fourth-order valence-corrected chi connectivity index (χ4v) is 4.49. The molecule has 3 aromatic rings. The number of alkyl halides is 3. The number of hydrogen-bond acceptors (Lipinski definition) is 3. The van der Waals surface area contributed by atoms with Crippen LogP contribution < -0.4 is 0 Å². The minimum Gasteiger partial charge on any atom is -0.360 e. The van der Waals surface area contributed by atoms with Crippen molar-refractivity contribution in [3.63, 3.8) is 0 Å². The summed E-state index contributed by atoms with van der Waals surface area (Å²) in [6.45, 7) is -0.428. The van der Waals surface area contributed by atoms with Crippen molar-refractivity contribution in [3.8, 4) is 11.1 Å². The lowest BCUT2D eigenvalue weighted by atomic mass is 10.1. The Morgan fingerprint density at radius 1 is 1.18 bits per heavy atom. The second-order valence-electron chi connectivity index (χ2n) is 6.68. The summed E-state index contributed by atoms with van der Waals surface area (Å²) in [6, 6.07) is 4.21. The molecular weight excluding hydrogens is 400 g/mol. The molecule has 0 radical (unpaired) electrons. The first-order chi connectivity index (χ1) is 13.2. The largest absolute Gasteiger partial charge is 0.511 e. The van der Waals surface area contributed by atoms with Crippen LogP contribution in [0.15, 0.2) is 36.8 Å². The Morgan fingerprint density at radius 3 is 2.57 bits per heavy atom. The van der Waals surface area contributed by atoms with Crippen LogP contribution in [0.4, 0.5) is 17.6 Å². The maximum Gasteiger partial charge on any atom is 0.511 e. The highest BCUT2D eigenvalue weighted by atomic mass is 32.2. The van der Waals surface area contributed by atoms with Crippen molar-refractivity contribution in [3.05, 3.63) is 42.6 Å². The summed E-state index contributed by atoms with van der Waals surface area (Å²) in [5, 5.41) is 5.12. The Hall–Kier alpha value is -2.40. The monoisotopic (exact) mass is 416 g/mol. The summed E-state index contributed by atoms with van der Waals surface area (Å²) in [6.07, 6.45) is 5.60. The summed E-state index contributed by atoms with van der Waals surface area (Å²) in [5.41, 5.74) is -3.02. The van der Waals surface area contributed by atoms with Gasteiger partial charge in [-0.1, -0.05) is 0 Å². The number of nitrogens with zero attached hydrogens (tertiary/aromatic N) is 3. The van der Waals surface area contributed by atoms with Crippen LogP contribution in [0, 0.1) is 5.82 Å². The second-order valence-corrected chi connectivity index (χ2v) is 8.61. The number of piperidine rings is 1. The van der Waals surface area contributed by atoms with Crippen LogP contribution in [-0.2, 0) is 10.0 Å². The molecule has 11 heteroatoms. The van der Waals surface area contributed by atoms with Gasteiger partial charge >= 0.3 is 15.5 Å². The van der Waals surface area contributed by atoms with Gasteiger partial charge in [0.2, 0.25) is 0 Å². The number of rotatable bonds is 3. The molecule has 0 aliphatic carbocycles. The van der Waals surface area contributed by atoms with E-state index in [2.05, 4.69) is 10.1 Å². The SMILES string of the molecule is O=S(=O)(N1CCC(n2cc(-c3c[nH]c4cc(F)ccc34)cn2)CC1)C(F)(F)F. The van der Waals surface area contributed by atoms with Crippen LogP contribution in [0.5, 0.6) is 0 Å². The molecule has 0 spiro atoms. The van der Waals surface area contributed by atoms with E-state index < -0.39 is 15.5 Å². The molecule has 0 bridgehead atoms. The van der Waals surface area contributed by atoms with Gasteiger partial charge in [0.25, 0.3) is 0 Å². The lowest BCUT2D eigenvalue weighted by Crippen LogP contribution is -2.45. The molecule has 0 saturated carbocycles. The van der Waals surface area contributed by atoms with E-state index >= 15 is 0 Å². The van der Waals surface area contributed by atoms with Gasteiger partial charge in [0.15, 0.2) is 0 Å². The highest BCUT2D eigenvalue weighted by Gasteiger charge is 2.50. The Balaban J connectivity index is 1.51. The Kier molecular flexibility index (Phi) is 4.46. The van der Waals surface area contributed by atoms with Crippen LogP contribution in [0.3, 0.4) is 0 Å². The van der Waals surface area contributed by atoms with Crippen molar-refractivity contribution < 1.29 is 26.0 Å². The normalized spacial score (nSPS) is 17.4. The molecule has 0 atom stereocenters. The van der Waals surface area contributed by atoms with Gasteiger partial charge in [0.1, 0.15) is 5.82 Å². The lowest BCUT2D eigenvalue weighted by Gasteiger charge is -2.31. The first-order valence-electron chi connectivity index (χ1n) is 8.54. The van der Waals surface area contributed by atoms with Gasteiger partial charge in [0, 0.05) is 47.5 Å². The van der Waals surface area contributed by atoms with Gasteiger partial charge in [0.05, 0.1) is 12.2 Å². The van der Waals surface area contributed by atoms with Crippen LogP contribution >= 0.6 is 0 Å². The number of aromatic nitrogens is 3. The maximum absolute atomic E-state index is 13.3. The Bertz CT molecular complexity index is 1110. The van der Waals surface area contributed by atoms with E-state index in [1.165, 1.54) is 12.1 Å². The molecule has 1 saturated heterocycles. The van der Waals surface area contributed by atoms with E-state index in [4.69, 9.17) is 0 Å². The summed E-state index contributed by atoms with van der Waals surface area (Å²) >= 11 is 0. The van der Waals surface area contributed by atoms with Crippen LogP contribution in [0.2, 0.25) is 0 Å². The highest BCUT2D eigenvalue weighted by Crippen LogP contribution is 2.33. The summed E-state index contributed by atoms with van der Waals surface area (Å²) in [5.74, 6) is -0.350. The van der Waals surface area contributed by atoms with Crippen molar-refractivity contribution >= 4 is 20.9 Å². The number of H-pyrrole nitrogens is 1. The van der Waals surface area contributed by atoms with E-state index in [1.807, 2.05) is 0 Å². The predicted octanol–water partition coefficient (Wildman–Crippen LogP) is 3.66. The topological polar surface area (TPSA) is 71.0 Å². The van der Waals surface area contributed by atoms with Crippen molar-refractivity contribution in [2.75, 3.05) is 13.1 Å². The van der Waals surface area contributed by atoms with E-state index in [0.717, 1.165) is 16.5 Å². The minimum absolute atomic E-state index is 0.198. The third-order valence-electron chi connectivity index (χ3n) is 4.99. The standard InChI is InChI=1S/C17H16F4N4O2S/c18-12-1-2-14-15(9-22-16(14)7-12)11-8-23-25(10-11)13-3-5-24(6-4-13)28(26,27)17(19,20)21/h1-2,7-10,13,22H,3-6H2. The van der Waals surface area contributed by atoms with Gasteiger partial charge < -0.3 is 4.98 Å². The Labute approximate surface area is 157 Å². The zero-order chi connectivity index (χ0) is 20.1. The predicted molar refractivity (Wildman–Crippen MR) is 94.3 cm³/mol. The number of benzene rings is 1. The molecule has 1 aromatic carbocycles. The molecule has 3 heterocycles. The molecule has 1 aliphatic heterocycles. The van der Waals surface area contributed by atoms with E-state index in [0.29, 0.717) is 9.82 Å². The van der Waals surface area contributed by atoms with Crippen molar-refractivity contribution in [1.29, 1.82) is 0 Å². The zero-order valence-corrected chi connectivity index (χ0v) is 15.3. The zero-order valence-electron chi connectivity index (χ0n) is 14.4. The highest BCUT2D eigenvalue weighted by molar-refractivity contribution is 7.90. The quantitative estimate of drug-likeness (QED) is 0.663. The third-order valence-corrected chi connectivity index (χ3v) is 6.62. The summed E-state index contributed by atoms with van der Waals surface area (Å²) in [4.78, 5) is 3.00. The fourth-order valence-electron chi connectivity index (χ4n) is 3.51. The Morgan fingerprint density at radius 2 is 1.89 bits per heavy atom. The van der Waals surface area contributed by atoms with Crippen molar-refractivity contribution in [2.45, 2.75) is 24.4 Å². The van der Waals surface area contributed by atoms with E-state index in [1.54, 1.807) is 29.3 Å². The first-order valence-corrected chi connectivity index (χ1v) is 9.98.